The van der Waals surface area contributed by atoms with E-state index in [1.54, 1.807) is 24.3 Å². The van der Waals surface area contributed by atoms with Gasteiger partial charge in [-0.25, -0.2) is 0 Å². The van der Waals surface area contributed by atoms with E-state index in [1.165, 1.54) is 33.5 Å². The smallest absolute Gasteiger partial charge is 0.251 e. The fourth-order valence-corrected chi connectivity index (χ4v) is 2.59. The van der Waals surface area contributed by atoms with Gasteiger partial charge in [0, 0.05) is 11.3 Å². The van der Waals surface area contributed by atoms with E-state index in [2.05, 4.69) is 10.6 Å². The van der Waals surface area contributed by atoms with Crippen molar-refractivity contribution in [1.82, 2.24) is 5.32 Å². The summed E-state index contributed by atoms with van der Waals surface area (Å²) in [5.74, 6) is -0.292. The molecular weight excluding hydrogens is 378 g/mol. The molecule has 0 saturated carbocycles. The predicted molar refractivity (Wildman–Crippen MR) is 106 cm³/mol. The highest BCUT2D eigenvalue weighted by atomic mass is 16.5. The lowest BCUT2D eigenvalue weighted by atomic mass is 10.1. The Morgan fingerprint density at radius 2 is 1.52 bits per heavy atom. The molecule has 9 heteroatoms. The van der Waals surface area contributed by atoms with Crippen LogP contribution in [0.3, 0.4) is 0 Å². The third-order valence-corrected chi connectivity index (χ3v) is 3.95. The monoisotopic (exact) mass is 401 g/mol. The van der Waals surface area contributed by atoms with Crippen LogP contribution in [0.4, 0.5) is 5.69 Å². The summed E-state index contributed by atoms with van der Waals surface area (Å²) in [5, 5.41) is 5.19. The van der Waals surface area contributed by atoms with Crippen molar-refractivity contribution < 1.29 is 28.6 Å². The Hall–Kier alpha value is -3.75. The number of methoxy groups -OCH3 is 3. The number of anilines is 1. The summed E-state index contributed by atoms with van der Waals surface area (Å²) in [6.45, 7) is -0.238. The number of nitrogens with two attached hydrogens (primary N) is 1. The average Bonchev–Trinajstić information content (AvgIpc) is 2.71. The molecule has 0 aliphatic carbocycles. The van der Waals surface area contributed by atoms with Crippen LogP contribution < -0.4 is 30.6 Å². The number of rotatable bonds is 9. The van der Waals surface area contributed by atoms with Gasteiger partial charge in [0.2, 0.25) is 17.6 Å². The minimum Gasteiger partial charge on any atom is -0.493 e. The molecule has 0 aliphatic rings. The number of nitrogens with one attached hydrogen (secondary N) is 2. The van der Waals surface area contributed by atoms with E-state index in [1.807, 2.05) is 0 Å². The van der Waals surface area contributed by atoms with E-state index in [-0.39, 0.29) is 18.5 Å². The molecular formula is C20H23N3O6. The standard InChI is InChI=1S/C20H23N3O6/c1-27-15-9-13(10-16(28-2)19(15)29-3)20(26)22-11-18(25)23-14-6-4-12(5-7-14)8-17(21)24/h4-7,9-10H,8,11H2,1-3H3,(H2,21,24)(H,22,26)(H,23,25). The Morgan fingerprint density at radius 3 is 2.00 bits per heavy atom. The van der Waals surface area contributed by atoms with E-state index >= 15 is 0 Å². The molecule has 2 aromatic rings. The highest BCUT2D eigenvalue weighted by molar-refractivity contribution is 6.00. The van der Waals surface area contributed by atoms with E-state index in [4.69, 9.17) is 19.9 Å². The lowest BCUT2D eigenvalue weighted by Gasteiger charge is -2.14. The van der Waals surface area contributed by atoms with Crippen molar-refractivity contribution in [2.45, 2.75) is 6.42 Å². The van der Waals surface area contributed by atoms with Crippen LogP contribution in [0.2, 0.25) is 0 Å². The zero-order chi connectivity index (χ0) is 21.4. The topological polar surface area (TPSA) is 129 Å². The van der Waals surface area contributed by atoms with Crippen molar-refractivity contribution in [2.75, 3.05) is 33.2 Å². The van der Waals surface area contributed by atoms with Crippen molar-refractivity contribution in [3.05, 3.63) is 47.5 Å². The van der Waals surface area contributed by atoms with Crippen LogP contribution in [-0.4, -0.2) is 45.6 Å². The second-order valence-corrected chi connectivity index (χ2v) is 5.98. The van der Waals surface area contributed by atoms with Gasteiger partial charge in [-0.2, -0.15) is 0 Å². The molecule has 0 unspecified atom stereocenters. The molecule has 0 atom stereocenters. The van der Waals surface area contributed by atoms with Crippen molar-refractivity contribution in [1.29, 1.82) is 0 Å². The van der Waals surface area contributed by atoms with Crippen LogP contribution in [-0.2, 0) is 16.0 Å². The number of amides is 3. The van der Waals surface area contributed by atoms with Crippen LogP contribution >= 0.6 is 0 Å². The first-order valence-electron chi connectivity index (χ1n) is 8.63. The van der Waals surface area contributed by atoms with Crippen molar-refractivity contribution >= 4 is 23.4 Å². The van der Waals surface area contributed by atoms with Gasteiger partial charge >= 0.3 is 0 Å². The van der Waals surface area contributed by atoms with Crippen LogP contribution in [0, 0.1) is 0 Å². The van der Waals surface area contributed by atoms with E-state index < -0.39 is 17.7 Å². The fraction of sp³-hybridized carbons (Fsp3) is 0.250. The van der Waals surface area contributed by atoms with Crippen LogP contribution in [0.5, 0.6) is 17.2 Å². The van der Waals surface area contributed by atoms with E-state index in [9.17, 15) is 14.4 Å². The summed E-state index contributed by atoms with van der Waals surface area (Å²) < 4.78 is 15.6. The summed E-state index contributed by atoms with van der Waals surface area (Å²) in [7, 11) is 4.35. The number of primary amides is 1. The highest BCUT2D eigenvalue weighted by Crippen LogP contribution is 2.38. The molecule has 0 heterocycles. The lowest BCUT2D eigenvalue weighted by molar-refractivity contribution is -0.117. The zero-order valence-electron chi connectivity index (χ0n) is 16.4. The van der Waals surface area contributed by atoms with E-state index in [0.29, 0.717) is 22.9 Å². The molecule has 3 amide bonds. The number of carbonyl (C=O) groups is 3. The summed E-state index contributed by atoms with van der Waals surface area (Å²) in [4.78, 5) is 35.4. The average molecular weight is 401 g/mol. The predicted octanol–water partition coefficient (Wildman–Crippen LogP) is 1.11. The van der Waals surface area contributed by atoms with Gasteiger partial charge in [0.15, 0.2) is 11.5 Å². The first-order valence-corrected chi connectivity index (χ1v) is 8.63. The minimum absolute atomic E-state index is 0.124. The van der Waals surface area contributed by atoms with Gasteiger partial charge in [-0.3, -0.25) is 14.4 Å². The summed E-state index contributed by atoms with van der Waals surface area (Å²) in [5.41, 5.74) is 6.67. The quantitative estimate of drug-likeness (QED) is 0.577. The van der Waals surface area contributed by atoms with Gasteiger partial charge in [-0.1, -0.05) is 12.1 Å². The summed E-state index contributed by atoms with van der Waals surface area (Å²) in [6, 6.07) is 9.66. The number of ether oxygens (including phenoxy) is 3. The first-order chi connectivity index (χ1) is 13.9. The Labute approximate surface area is 168 Å². The number of carbonyl (C=O) groups excluding carboxylic acids is 3. The molecule has 2 rings (SSSR count). The Balaban J connectivity index is 1.98. The molecule has 0 bridgehead atoms. The molecule has 0 fully saturated rings. The molecule has 154 valence electrons. The highest BCUT2D eigenvalue weighted by Gasteiger charge is 2.17. The Kier molecular flexibility index (Phi) is 7.41. The van der Waals surface area contributed by atoms with Gasteiger partial charge in [-0.15, -0.1) is 0 Å². The van der Waals surface area contributed by atoms with Gasteiger partial charge < -0.3 is 30.6 Å². The number of benzene rings is 2. The second-order valence-electron chi connectivity index (χ2n) is 5.98. The SMILES string of the molecule is COc1cc(C(=O)NCC(=O)Nc2ccc(CC(N)=O)cc2)cc(OC)c1OC. The Morgan fingerprint density at radius 1 is 0.931 bits per heavy atom. The van der Waals surface area contributed by atoms with Gasteiger partial charge in [0.05, 0.1) is 34.3 Å². The molecule has 0 radical (unpaired) electrons. The summed E-state index contributed by atoms with van der Waals surface area (Å²) in [6.07, 6.45) is 0.124. The van der Waals surface area contributed by atoms with Gasteiger partial charge in [-0.05, 0) is 29.8 Å². The molecule has 0 aliphatic heterocycles. The van der Waals surface area contributed by atoms with E-state index in [0.717, 1.165) is 5.56 Å². The molecule has 0 saturated heterocycles. The molecule has 9 nitrogen and oxygen atoms in total. The van der Waals surface area contributed by atoms with Crippen LogP contribution in [0.1, 0.15) is 15.9 Å². The molecule has 2 aromatic carbocycles. The van der Waals surface area contributed by atoms with Crippen LogP contribution in [0.25, 0.3) is 0 Å². The molecule has 0 spiro atoms. The maximum absolute atomic E-state index is 12.4. The molecule has 29 heavy (non-hydrogen) atoms. The van der Waals surface area contributed by atoms with Crippen molar-refractivity contribution in [2.24, 2.45) is 5.73 Å². The third-order valence-electron chi connectivity index (χ3n) is 3.95. The van der Waals surface area contributed by atoms with Gasteiger partial charge in [0.1, 0.15) is 0 Å². The lowest BCUT2D eigenvalue weighted by Crippen LogP contribution is -2.32. The largest absolute Gasteiger partial charge is 0.493 e. The third kappa shape index (κ3) is 5.86. The maximum atomic E-state index is 12.4. The van der Waals surface area contributed by atoms with Crippen LogP contribution in [0.15, 0.2) is 36.4 Å². The number of hydrogen-bond donors (Lipinski definition) is 3. The normalized spacial score (nSPS) is 10.0. The minimum atomic E-state index is -0.476. The summed E-state index contributed by atoms with van der Waals surface area (Å²) >= 11 is 0. The van der Waals surface area contributed by atoms with Crippen molar-refractivity contribution in [3.63, 3.8) is 0 Å². The first kappa shape index (κ1) is 21.5. The molecule has 4 N–H and O–H groups in total. The second kappa shape index (κ2) is 9.98. The maximum Gasteiger partial charge on any atom is 0.251 e. The zero-order valence-corrected chi connectivity index (χ0v) is 16.4. The Bertz CT molecular complexity index is 871. The van der Waals surface area contributed by atoms with Crippen molar-refractivity contribution in [3.8, 4) is 17.2 Å². The van der Waals surface area contributed by atoms with Gasteiger partial charge in [0.25, 0.3) is 5.91 Å². The fourth-order valence-electron chi connectivity index (χ4n) is 2.59. The molecule has 0 aromatic heterocycles. The number of hydrogen-bond acceptors (Lipinski definition) is 6.